The first-order chi connectivity index (χ1) is 12.1. The molecular weight excluding hydrogens is 318 g/mol. The van der Waals surface area contributed by atoms with Crippen LogP contribution in [0, 0.1) is 18.3 Å². The molecule has 0 unspecified atom stereocenters. The highest BCUT2D eigenvalue weighted by Gasteiger charge is 2.22. The summed E-state index contributed by atoms with van der Waals surface area (Å²) in [5.74, 6) is -0.0585. The van der Waals surface area contributed by atoms with Gasteiger partial charge in [-0.25, -0.2) is 0 Å². The smallest absolute Gasteiger partial charge is 0.271 e. The molecule has 1 aromatic heterocycles. The van der Waals surface area contributed by atoms with Crippen LogP contribution in [0.25, 0.3) is 0 Å². The lowest BCUT2D eigenvalue weighted by molar-refractivity contribution is 0.0336. The van der Waals surface area contributed by atoms with Crippen LogP contribution in [0.3, 0.4) is 0 Å². The quantitative estimate of drug-likeness (QED) is 0.916. The summed E-state index contributed by atoms with van der Waals surface area (Å²) in [6.45, 7) is 5.27. The molecule has 2 heterocycles. The van der Waals surface area contributed by atoms with Gasteiger partial charge in [0.05, 0.1) is 19.8 Å². The molecule has 25 heavy (non-hydrogen) atoms. The molecule has 1 aliphatic rings. The monoisotopic (exact) mass is 339 g/mol. The van der Waals surface area contributed by atoms with Gasteiger partial charge < -0.3 is 9.84 Å². The summed E-state index contributed by atoms with van der Waals surface area (Å²) < 4.78 is 6.64. The highest BCUT2D eigenvalue weighted by Crippen LogP contribution is 2.24. The number of nitrogens with zero attached hydrogens (tertiary/aromatic N) is 3. The average Bonchev–Trinajstić information content (AvgIpc) is 2.64. The number of benzene rings is 1. The van der Waals surface area contributed by atoms with Gasteiger partial charge in [-0.15, -0.1) is 0 Å². The lowest BCUT2D eigenvalue weighted by Crippen LogP contribution is -2.36. The molecule has 6 heteroatoms. The van der Waals surface area contributed by atoms with Crippen molar-refractivity contribution in [3.8, 4) is 11.9 Å². The lowest BCUT2D eigenvalue weighted by Gasteiger charge is -2.28. The summed E-state index contributed by atoms with van der Waals surface area (Å²) in [7, 11) is 0. The highest BCUT2D eigenvalue weighted by atomic mass is 16.5. The number of rotatable bonds is 4. The lowest BCUT2D eigenvalue weighted by atomic mass is 10.0. The zero-order chi connectivity index (χ0) is 17.8. The number of nitriles is 1. The van der Waals surface area contributed by atoms with E-state index in [0.29, 0.717) is 30.9 Å². The number of pyridine rings is 1. The Labute approximate surface area is 146 Å². The Balaban J connectivity index is 2.03. The normalized spacial score (nSPS) is 15.0. The Kier molecular flexibility index (Phi) is 5.17. The van der Waals surface area contributed by atoms with Gasteiger partial charge in [0.2, 0.25) is 0 Å². The van der Waals surface area contributed by atoms with Crippen LogP contribution in [0.4, 0.5) is 0 Å². The van der Waals surface area contributed by atoms with Gasteiger partial charge in [0.25, 0.3) is 5.56 Å². The van der Waals surface area contributed by atoms with Gasteiger partial charge in [0.15, 0.2) is 5.88 Å². The number of ether oxygens (including phenoxy) is 1. The van der Waals surface area contributed by atoms with Crippen molar-refractivity contribution in [3.63, 3.8) is 0 Å². The van der Waals surface area contributed by atoms with Crippen LogP contribution in [0.1, 0.15) is 22.3 Å². The maximum Gasteiger partial charge on any atom is 0.271 e. The molecular formula is C19H21N3O3. The second kappa shape index (κ2) is 7.51. The van der Waals surface area contributed by atoms with Crippen molar-refractivity contribution < 1.29 is 9.84 Å². The number of hydrogen-bond donors (Lipinski definition) is 1. The Morgan fingerprint density at radius 2 is 1.88 bits per heavy atom. The number of morpholine rings is 1. The Morgan fingerprint density at radius 1 is 1.20 bits per heavy atom. The zero-order valence-electron chi connectivity index (χ0n) is 14.2. The van der Waals surface area contributed by atoms with Crippen molar-refractivity contribution in [1.29, 1.82) is 5.26 Å². The van der Waals surface area contributed by atoms with Crippen molar-refractivity contribution in [2.45, 2.75) is 20.0 Å². The Morgan fingerprint density at radius 3 is 2.52 bits per heavy atom. The first kappa shape index (κ1) is 17.2. The molecule has 1 N–H and O–H groups in total. The molecule has 1 fully saturated rings. The molecule has 1 saturated heterocycles. The van der Waals surface area contributed by atoms with E-state index in [-0.39, 0.29) is 18.0 Å². The molecule has 1 aliphatic heterocycles. The first-order valence-electron chi connectivity index (χ1n) is 8.31. The minimum Gasteiger partial charge on any atom is -0.494 e. The third kappa shape index (κ3) is 3.58. The van der Waals surface area contributed by atoms with E-state index in [2.05, 4.69) is 4.90 Å². The second-order valence-corrected chi connectivity index (χ2v) is 6.18. The van der Waals surface area contributed by atoms with Crippen molar-refractivity contribution in [1.82, 2.24) is 9.47 Å². The predicted octanol–water partition coefficient (Wildman–Crippen LogP) is 1.61. The minimum atomic E-state index is -0.452. The molecule has 6 nitrogen and oxygen atoms in total. The van der Waals surface area contributed by atoms with Gasteiger partial charge in [0.1, 0.15) is 11.6 Å². The van der Waals surface area contributed by atoms with Gasteiger partial charge in [0, 0.05) is 25.2 Å². The zero-order valence-corrected chi connectivity index (χ0v) is 14.2. The molecule has 0 atom stereocenters. The second-order valence-electron chi connectivity index (χ2n) is 6.18. The van der Waals surface area contributed by atoms with Crippen molar-refractivity contribution in [2.24, 2.45) is 0 Å². The topological polar surface area (TPSA) is 78.5 Å². The molecule has 0 spiro atoms. The van der Waals surface area contributed by atoms with E-state index in [1.807, 2.05) is 36.4 Å². The van der Waals surface area contributed by atoms with Crippen LogP contribution in [0.5, 0.6) is 5.88 Å². The van der Waals surface area contributed by atoms with Crippen LogP contribution in [-0.2, 0) is 17.8 Å². The minimum absolute atomic E-state index is 0.0585. The molecule has 0 radical (unpaired) electrons. The Hall–Kier alpha value is -2.62. The average molecular weight is 339 g/mol. The third-order valence-electron chi connectivity index (χ3n) is 4.59. The van der Waals surface area contributed by atoms with Gasteiger partial charge in [-0.1, -0.05) is 30.3 Å². The van der Waals surface area contributed by atoms with Crippen LogP contribution in [0.15, 0.2) is 35.1 Å². The van der Waals surface area contributed by atoms with E-state index in [1.54, 1.807) is 6.92 Å². The molecule has 3 rings (SSSR count). The van der Waals surface area contributed by atoms with Crippen LogP contribution >= 0.6 is 0 Å². The van der Waals surface area contributed by atoms with E-state index in [4.69, 9.17) is 4.74 Å². The van der Waals surface area contributed by atoms with Gasteiger partial charge in [-0.05, 0) is 18.1 Å². The molecule has 0 amide bonds. The number of aromatic nitrogens is 1. The van der Waals surface area contributed by atoms with E-state index in [1.165, 1.54) is 4.57 Å². The maximum absolute atomic E-state index is 12.6. The molecule has 130 valence electrons. The fraction of sp³-hybridized carbons (Fsp3) is 0.368. The standard InChI is InChI=1S/C19H21N3O3/c1-14-16(11-20)18(23)22(12-15-5-3-2-4-6-15)19(24)17(14)13-21-7-9-25-10-8-21/h2-6,24H,7-10,12-13H2,1H3. The number of aromatic hydroxyl groups is 1. The summed E-state index contributed by atoms with van der Waals surface area (Å²) in [5.41, 5.74) is 1.73. The van der Waals surface area contributed by atoms with E-state index >= 15 is 0 Å². The summed E-state index contributed by atoms with van der Waals surface area (Å²) in [4.78, 5) is 14.8. The predicted molar refractivity (Wildman–Crippen MR) is 93.5 cm³/mol. The summed E-state index contributed by atoms with van der Waals surface area (Å²) >= 11 is 0. The van der Waals surface area contributed by atoms with E-state index in [0.717, 1.165) is 18.7 Å². The van der Waals surface area contributed by atoms with Crippen LogP contribution < -0.4 is 5.56 Å². The van der Waals surface area contributed by atoms with E-state index < -0.39 is 5.56 Å². The van der Waals surface area contributed by atoms with Crippen LogP contribution in [0.2, 0.25) is 0 Å². The van der Waals surface area contributed by atoms with Crippen LogP contribution in [-0.4, -0.2) is 40.9 Å². The SMILES string of the molecule is Cc1c(CN2CCOCC2)c(O)n(Cc2ccccc2)c(=O)c1C#N. The fourth-order valence-corrected chi connectivity index (χ4v) is 3.09. The van der Waals surface area contributed by atoms with Crippen molar-refractivity contribution in [3.05, 3.63) is 62.9 Å². The molecule has 0 bridgehead atoms. The summed E-state index contributed by atoms with van der Waals surface area (Å²) in [6, 6.07) is 11.4. The Bertz CT molecular complexity index is 847. The number of hydrogen-bond acceptors (Lipinski definition) is 5. The summed E-state index contributed by atoms with van der Waals surface area (Å²) in [5, 5.41) is 20.2. The fourth-order valence-electron chi connectivity index (χ4n) is 3.09. The molecule has 2 aromatic rings. The van der Waals surface area contributed by atoms with Gasteiger partial charge in [-0.2, -0.15) is 5.26 Å². The van der Waals surface area contributed by atoms with E-state index in [9.17, 15) is 15.2 Å². The summed E-state index contributed by atoms with van der Waals surface area (Å²) in [6.07, 6.45) is 0. The molecule has 0 aliphatic carbocycles. The molecule has 1 aromatic carbocycles. The van der Waals surface area contributed by atoms with Gasteiger partial charge in [-0.3, -0.25) is 14.3 Å². The molecule has 0 saturated carbocycles. The highest BCUT2D eigenvalue weighted by molar-refractivity contribution is 5.45. The maximum atomic E-state index is 12.6. The third-order valence-corrected chi connectivity index (χ3v) is 4.59. The largest absolute Gasteiger partial charge is 0.494 e. The first-order valence-corrected chi connectivity index (χ1v) is 8.31. The van der Waals surface area contributed by atoms with Gasteiger partial charge >= 0.3 is 0 Å². The van der Waals surface area contributed by atoms with Crippen molar-refractivity contribution >= 4 is 0 Å². The van der Waals surface area contributed by atoms with Crippen molar-refractivity contribution in [2.75, 3.05) is 26.3 Å².